The normalized spacial score (nSPS) is 18.4. The van der Waals surface area contributed by atoms with Gasteiger partial charge in [-0.1, -0.05) is 53.7 Å². The summed E-state index contributed by atoms with van der Waals surface area (Å²) in [5, 5.41) is 12.7. The molecule has 1 N–H and O–H groups in total. The van der Waals surface area contributed by atoms with E-state index in [1.807, 2.05) is 48.5 Å². The molecule has 0 saturated carbocycles. The smallest absolute Gasteiger partial charge is 0.234 e. The number of fused-ring (bicyclic) bond motifs is 3. The minimum atomic E-state index is 0.257. The van der Waals surface area contributed by atoms with Crippen molar-refractivity contribution >= 4 is 23.1 Å². The third-order valence-electron chi connectivity index (χ3n) is 3.85. The van der Waals surface area contributed by atoms with Crippen molar-refractivity contribution in [3.63, 3.8) is 0 Å². The largest absolute Gasteiger partial charge is 0.409 e. The van der Waals surface area contributed by atoms with Crippen molar-refractivity contribution < 1.29 is 5.21 Å². The van der Waals surface area contributed by atoms with Crippen LogP contribution in [0.5, 0.6) is 0 Å². The Bertz CT molecular complexity index is 808. The summed E-state index contributed by atoms with van der Waals surface area (Å²) in [5.41, 5.74) is 3.83. The van der Waals surface area contributed by atoms with Crippen molar-refractivity contribution in [1.82, 2.24) is 0 Å². The lowest BCUT2D eigenvalue weighted by Gasteiger charge is -2.20. The summed E-state index contributed by atoms with van der Waals surface area (Å²) in [6, 6.07) is 18.0. The third-order valence-corrected chi connectivity index (χ3v) is 3.85. The second-order valence-electron chi connectivity index (χ2n) is 5.12. The summed E-state index contributed by atoms with van der Waals surface area (Å²) >= 11 is 0. The maximum absolute atomic E-state index is 9.38. The first-order valence-corrected chi connectivity index (χ1v) is 7.16. The van der Waals surface area contributed by atoms with E-state index in [-0.39, 0.29) is 5.84 Å². The Morgan fingerprint density at radius 3 is 2.59 bits per heavy atom. The Labute approximate surface area is 127 Å². The molecule has 0 unspecified atom stereocenters. The van der Waals surface area contributed by atoms with E-state index in [0.29, 0.717) is 12.4 Å². The number of oxime groups is 1. The average molecular weight is 290 g/mol. The van der Waals surface area contributed by atoms with Gasteiger partial charge < -0.3 is 10.1 Å². The van der Waals surface area contributed by atoms with Gasteiger partial charge in [-0.15, -0.1) is 0 Å². The number of para-hydroxylation sites is 1. The van der Waals surface area contributed by atoms with Gasteiger partial charge in [0.15, 0.2) is 5.84 Å². The lowest BCUT2D eigenvalue weighted by Crippen LogP contribution is -2.32. The van der Waals surface area contributed by atoms with Gasteiger partial charge in [0, 0.05) is 17.7 Å². The number of rotatable bonds is 1. The van der Waals surface area contributed by atoms with E-state index in [2.05, 4.69) is 26.1 Å². The van der Waals surface area contributed by atoms with Crippen LogP contribution in [0.3, 0.4) is 0 Å². The Balaban J connectivity index is 2.00. The van der Waals surface area contributed by atoms with Crippen LogP contribution >= 0.6 is 0 Å². The zero-order chi connectivity index (χ0) is 14.9. The predicted octanol–water partition coefficient (Wildman–Crippen LogP) is 2.54. The summed E-state index contributed by atoms with van der Waals surface area (Å²) in [6.07, 6.45) is 0. The predicted molar refractivity (Wildman–Crippen MR) is 87.4 cm³/mol. The van der Waals surface area contributed by atoms with Crippen molar-refractivity contribution in [2.24, 2.45) is 15.1 Å². The Hall–Kier alpha value is -2.95. The molecule has 22 heavy (non-hydrogen) atoms. The van der Waals surface area contributed by atoms with E-state index < -0.39 is 0 Å². The molecule has 2 aliphatic rings. The molecule has 5 heteroatoms. The molecule has 0 bridgehead atoms. The second-order valence-corrected chi connectivity index (χ2v) is 5.12. The standard InChI is InChI=1S/C17H14N4O/c22-20-16-17-18-10-11-21(17)14-9-5-4-8-13(14)15(19-16)12-6-2-1-3-7-12/h1-9,22H,10-11H2/b20-16+. The second kappa shape index (κ2) is 5.11. The molecule has 4 rings (SSSR count). The molecule has 2 heterocycles. The van der Waals surface area contributed by atoms with Crippen LogP contribution in [-0.2, 0) is 0 Å². The maximum atomic E-state index is 9.38. The van der Waals surface area contributed by atoms with Gasteiger partial charge in [0.1, 0.15) is 0 Å². The van der Waals surface area contributed by atoms with Gasteiger partial charge >= 0.3 is 0 Å². The quantitative estimate of drug-likeness (QED) is 0.648. The van der Waals surface area contributed by atoms with E-state index in [4.69, 9.17) is 0 Å². The van der Waals surface area contributed by atoms with Crippen LogP contribution in [0, 0.1) is 0 Å². The third kappa shape index (κ3) is 1.90. The van der Waals surface area contributed by atoms with Crippen LogP contribution in [-0.4, -0.2) is 35.7 Å². The molecule has 0 fully saturated rings. The van der Waals surface area contributed by atoms with Crippen LogP contribution in [0.2, 0.25) is 0 Å². The molecule has 0 aromatic heterocycles. The number of anilines is 1. The summed E-state index contributed by atoms with van der Waals surface area (Å²) in [5.74, 6) is 0.883. The minimum absolute atomic E-state index is 0.257. The fraction of sp³-hybridized carbons (Fsp3) is 0.118. The molecule has 2 aromatic carbocycles. The van der Waals surface area contributed by atoms with Crippen molar-refractivity contribution in [2.45, 2.75) is 0 Å². The maximum Gasteiger partial charge on any atom is 0.234 e. The van der Waals surface area contributed by atoms with E-state index in [9.17, 15) is 5.21 Å². The number of aliphatic imine (C=N–C) groups is 2. The lowest BCUT2D eigenvalue weighted by atomic mass is 10.0. The number of amidine groups is 2. The number of benzene rings is 2. The Morgan fingerprint density at radius 2 is 1.77 bits per heavy atom. The monoisotopic (exact) mass is 290 g/mol. The van der Waals surface area contributed by atoms with Crippen LogP contribution in [0.25, 0.3) is 0 Å². The number of hydrogen-bond donors (Lipinski definition) is 1. The highest BCUT2D eigenvalue weighted by Gasteiger charge is 2.30. The summed E-state index contributed by atoms with van der Waals surface area (Å²) in [6.45, 7) is 1.45. The molecule has 0 amide bonds. The zero-order valence-electron chi connectivity index (χ0n) is 11.8. The summed E-state index contributed by atoms with van der Waals surface area (Å²) in [4.78, 5) is 11.1. The molecule has 2 aliphatic heterocycles. The van der Waals surface area contributed by atoms with Gasteiger partial charge in [-0.2, -0.15) is 0 Å². The van der Waals surface area contributed by atoms with Gasteiger partial charge in [0.25, 0.3) is 0 Å². The molecule has 0 spiro atoms. The van der Waals surface area contributed by atoms with Crippen LogP contribution in [0.4, 0.5) is 5.69 Å². The van der Waals surface area contributed by atoms with Crippen molar-refractivity contribution in [2.75, 3.05) is 18.0 Å². The number of nitrogens with zero attached hydrogens (tertiary/aromatic N) is 4. The topological polar surface area (TPSA) is 60.6 Å². The molecule has 0 atom stereocenters. The highest BCUT2D eigenvalue weighted by molar-refractivity contribution is 6.49. The molecule has 108 valence electrons. The van der Waals surface area contributed by atoms with Crippen molar-refractivity contribution in [3.05, 3.63) is 65.7 Å². The van der Waals surface area contributed by atoms with Gasteiger partial charge in [-0.3, -0.25) is 4.99 Å². The highest BCUT2D eigenvalue weighted by atomic mass is 16.4. The number of hydrogen-bond acceptors (Lipinski definition) is 4. The Kier molecular flexibility index (Phi) is 2.96. The average Bonchev–Trinajstić information content (AvgIpc) is 3.02. The molecular formula is C17H14N4O. The van der Waals surface area contributed by atoms with E-state index >= 15 is 0 Å². The summed E-state index contributed by atoms with van der Waals surface area (Å²) < 4.78 is 0. The first-order chi connectivity index (χ1) is 10.9. The first-order valence-electron chi connectivity index (χ1n) is 7.16. The molecular weight excluding hydrogens is 276 g/mol. The van der Waals surface area contributed by atoms with Gasteiger partial charge in [-0.25, -0.2) is 4.99 Å². The van der Waals surface area contributed by atoms with Crippen LogP contribution < -0.4 is 4.90 Å². The van der Waals surface area contributed by atoms with Crippen LogP contribution in [0.1, 0.15) is 11.1 Å². The fourth-order valence-electron chi connectivity index (χ4n) is 2.88. The molecule has 0 radical (unpaired) electrons. The molecule has 0 aliphatic carbocycles. The minimum Gasteiger partial charge on any atom is -0.409 e. The van der Waals surface area contributed by atoms with E-state index in [0.717, 1.165) is 29.1 Å². The van der Waals surface area contributed by atoms with Crippen molar-refractivity contribution in [3.8, 4) is 0 Å². The molecule has 2 aromatic rings. The summed E-state index contributed by atoms with van der Waals surface area (Å²) in [7, 11) is 0. The molecule has 5 nitrogen and oxygen atoms in total. The van der Waals surface area contributed by atoms with Gasteiger partial charge in [0.05, 0.1) is 17.9 Å². The van der Waals surface area contributed by atoms with Crippen molar-refractivity contribution in [1.29, 1.82) is 0 Å². The highest BCUT2D eigenvalue weighted by Crippen LogP contribution is 2.29. The molecule has 0 saturated heterocycles. The Morgan fingerprint density at radius 1 is 1.00 bits per heavy atom. The fourth-order valence-corrected chi connectivity index (χ4v) is 2.88. The lowest BCUT2D eigenvalue weighted by molar-refractivity contribution is 0.319. The SMILES string of the molecule is O/N=C1/N=C(c2ccccc2)c2ccccc2N2CCN=C12. The van der Waals surface area contributed by atoms with Crippen LogP contribution in [0.15, 0.2) is 69.7 Å². The van der Waals surface area contributed by atoms with Gasteiger partial charge in [0.2, 0.25) is 5.84 Å². The first kappa shape index (κ1) is 12.8. The van der Waals surface area contributed by atoms with E-state index in [1.54, 1.807) is 0 Å². The zero-order valence-corrected chi connectivity index (χ0v) is 11.8. The van der Waals surface area contributed by atoms with Gasteiger partial charge in [-0.05, 0) is 6.07 Å². The van der Waals surface area contributed by atoms with E-state index in [1.165, 1.54) is 0 Å².